The van der Waals surface area contributed by atoms with E-state index in [1.807, 2.05) is 44.2 Å². The largest absolute Gasteiger partial charge is 0.396 e. The van der Waals surface area contributed by atoms with E-state index in [0.717, 1.165) is 5.56 Å². The van der Waals surface area contributed by atoms with Crippen LogP contribution in [0.1, 0.15) is 25.5 Å². The van der Waals surface area contributed by atoms with Crippen LogP contribution in [0.2, 0.25) is 0 Å². The summed E-state index contributed by atoms with van der Waals surface area (Å²) in [6.45, 7) is 4.03. The average molecular weight is 255 g/mol. The van der Waals surface area contributed by atoms with Gasteiger partial charge >= 0.3 is 0 Å². The van der Waals surface area contributed by atoms with E-state index in [1.54, 1.807) is 0 Å². The van der Waals surface area contributed by atoms with Crippen LogP contribution in [-0.4, -0.2) is 11.7 Å². The Balaban J connectivity index is 2.24. The highest BCUT2D eigenvalue weighted by Gasteiger charge is 2.26. The molecule has 2 aromatic rings. The van der Waals surface area contributed by atoms with Crippen LogP contribution in [0, 0.1) is 5.41 Å². The lowest BCUT2D eigenvalue weighted by atomic mass is 9.81. The third-order valence-corrected chi connectivity index (χ3v) is 3.63. The lowest BCUT2D eigenvalue weighted by Crippen LogP contribution is -2.32. The first-order chi connectivity index (χ1) is 9.04. The van der Waals surface area contributed by atoms with Gasteiger partial charge in [0.2, 0.25) is 0 Å². The molecule has 2 nitrogen and oxygen atoms in total. The van der Waals surface area contributed by atoms with E-state index in [-0.39, 0.29) is 18.1 Å². The van der Waals surface area contributed by atoms with Crippen molar-refractivity contribution >= 4 is 0 Å². The molecule has 2 heteroatoms. The number of rotatable bonds is 4. The summed E-state index contributed by atoms with van der Waals surface area (Å²) in [6, 6.07) is 18.3. The van der Waals surface area contributed by atoms with Gasteiger partial charge in [-0.15, -0.1) is 0 Å². The number of nitrogens with two attached hydrogens (primary N) is 1. The van der Waals surface area contributed by atoms with Crippen LogP contribution in [0.5, 0.6) is 0 Å². The van der Waals surface area contributed by atoms with Crippen LogP contribution >= 0.6 is 0 Å². The van der Waals surface area contributed by atoms with E-state index >= 15 is 0 Å². The Labute approximate surface area is 114 Å². The van der Waals surface area contributed by atoms with E-state index in [9.17, 15) is 5.11 Å². The van der Waals surface area contributed by atoms with E-state index in [4.69, 9.17) is 5.73 Å². The van der Waals surface area contributed by atoms with Crippen molar-refractivity contribution in [1.29, 1.82) is 0 Å². The summed E-state index contributed by atoms with van der Waals surface area (Å²) in [6.07, 6.45) is 0. The van der Waals surface area contributed by atoms with Crippen molar-refractivity contribution in [1.82, 2.24) is 0 Å². The fourth-order valence-corrected chi connectivity index (χ4v) is 2.06. The van der Waals surface area contributed by atoms with E-state index in [0.29, 0.717) is 0 Å². The summed E-state index contributed by atoms with van der Waals surface area (Å²) in [5, 5.41) is 9.38. The molecule has 0 heterocycles. The predicted molar refractivity (Wildman–Crippen MR) is 79.7 cm³/mol. The van der Waals surface area contributed by atoms with Crippen LogP contribution in [0.3, 0.4) is 0 Å². The minimum atomic E-state index is -0.311. The molecule has 0 saturated heterocycles. The van der Waals surface area contributed by atoms with Gasteiger partial charge < -0.3 is 10.8 Å². The van der Waals surface area contributed by atoms with Crippen LogP contribution < -0.4 is 5.73 Å². The molecule has 1 atom stereocenters. The standard InChI is InChI=1S/C17H21NO/c1-17(2,12-19)16(18)15-10-8-14(9-11-15)13-6-4-3-5-7-13/h3-11,16,19H,12,18H2,1-2H3/t16-/m1/s1. The number of aliphatic hydroxyl groups is 1. The van der Waals surface area contributed by atoms with Gasteiger partial charge in [-0.1, -0.05) is 68.4 Å². The third kappa shape index (κ3) is 3.03. The maximum Gasteiger partial charge on any atom is 0.0500 e. The van der Waals surface area contributed by atoms with E-state index < -0.39 is 0 Å². The molecule has 100 valence electrons. The molecule has 3 N–H and O–H groups in total. The van der Waals surface area contributed by atoms with Gasteiger partial charge in [0.15, 0.2) is 0 Å². The summed E-state index contributed by atoms with van der Waals surface area (Å²) >= 11 is 0. The molecule has 0 amide bonds. The molecule has 2 aromatic carbocycles. The molecule has 0 spiro atoms. The average Bonchev–Trinajstić information content (AvgIpc) is 2.47. The molecule has 19 heavy (non-hydrogen) atoms. The zero-order valence-electron chi connectivity index (χ0n) is 11.5. The maximum atomic E-state index is 9.38. The highest BCUT2D eigenvalue weighted by molar-refractivity contribution is 5.63. The summed E-state index contributed by atoms with van der Waals surface area (Å²) in [7, 11) is 0. The zero-order valence-corrected chi connectivity index (χ0v) is 11.5. The SMILES string of the molecule is CC(C)(CO)[C@H](N)c1ccc(-c2ccccc2)cc1. The van der Waals surface area contributed by atoms with Crippen LogP contribution in [0.4, 0.5) is 0 Å². The van der Waals surface area contributed by atoms with Crippen molar-refractivity contribution in [3.8, 4) is 11.1 Å². The number of aliphatic hydroxyl groups excluding tert-OH is 1. The van der Waals surface area contributed by atoms with Gasteiger partial charge in [0.1, 0.15) is 0 Å². The Hall–Kier alpha value is -1.64. The quantitative estimate of drug-likeness (QED) is 0.880. The predicted octanol–water partition coefficient (Wildman–Crippen LogP) is 3.37. The number of hydrogen-bond acceptors (Lipinski definition) is 2. The lowest BCUT2D eigenvalue weighted by Gasteiger charge is -2.29. The van der Waals surface area contributed by atoms with Crippen LogP contribution in [-0.2, 0) is 0 Å². The van der Waals surface area contributed by atoms with E-state index in [1.165, 1.54) is 11.1 Å². The Morgan fingerprint density at radius 1 is 0.947 bits per heavy atom. The maximum absolute atomic E-state index is 9.38. The normalized spacial score (nSPS) is 13.3. The Bertz CT molecular complexity index is 517. The molecule has 0 saturated carbocycles. The fraction of sp³-hybridized carbons (Fsp3) is 0.294. The van der Waals surface area contributed by atoms with Crippen molar-refractivity contribution in [3.05, 3.63) is 60.2 Å². The van der Waals surface area contributed by atoms with Crippen LogP contribution in [0.15, 0.2) is 54.6 Å². The van der Waals surface area contributed by atoms with Crippen molar-refractivity contribution in [3.63, 3.8) is 0 Å². The van der Waals surface area contributed by atoms with Crippen molar-refractivity contribution < 1.29 is 5.11 Å². The second-order valence-electron chi connectivity index (χ2n) is 5.61. The minimum absolute atomic E-state index is 0.0780. The topological polar surface area (TPSA) is 46.2 Å². The molecule has 0 aromatic heterocycles. The van der Waals surface area contributed by atoms with Gasteiger partial charge in [-0.2, -0.15) is 0 Å². The molecule has 0 unspecified atom stereocenters. The van der Waals surface area contributed by atoms with Gasteiger partial charge in [-0.25, -0.2) is 0 Å². The second kappa shape index (κ2) is 5.55. The highest BCUT2D eigenvalue weighted by atomic mass is 16.3. The van der Waals surface area contributed by atoms with Crippen molar-refractivity contribution in [2.45, 2.75) is 19.9 Å². The Morgan fingerprint density at radius 3 is 2.00 bits per heavy atom. The fourth-order valence-electron chi connectivity index (χ4n) is 2.06. The molecule has 0 aliphatic carbocycles. The second-order valence-corrected chi connectivity index (χ2v) is 5.61. The molecule has 2 rings (SSSR count). The Kier molecular flexibility index (Phi) is 4.03. The number of hydrogen-bond donors (Lipinski definition) is 2. The first-order valence-electron chi connectivity index (χ1n) is 6.56. The van der Waals surface area contributed by atoms with Crippen molar-refractivity contribution in [2.75, 3.05) is 6.61 Å². The summed E-state index contributed by atoms with van der Waals surface area (Å²) in [5.41, 5.74) is 9.33. The molecule has 0 radical (unpaired) electrons. The zero-order chi connectivity index (χ0) is 13.9. The third-order valence-electron chi connectivity index (χ3n) is 3.63. The summed E-state index contributed by atoms with van der Waals surface area (Å²) in [4.78, 5) is 0. The summed E-state index contributed by atoms with van der Waals surface area (Å²) < 4.78 is 0. The number of benzene rings is 2. The molecular formula is C17H21NO. The van der Waals surface area contributed by atoms with Gasteiger partial charge in [0.05, 0.1) is 0 Å². The van der Waals surface area contributed by atoms with Gasteiger partial charge in [-0.3, -0.25) is 0 Å². The minimum Gasteiger partial charge on any atom is -0.396 e. The van der Waals surface area contributed by atoms with Gasteiger partial charge in [0, 0.05) is 18.1 Å². The monoisotopic (exact) mass is 255 g/mol. The smallest absolute Gasteiger partial charge is 0.0500 e. The summed E-state index contributed by atoms with van der Waals surface area (Å²) in [5.74, 6) is 0. The van der Waals surface area contributed by atoms with Crippen LogP contribution in [0.25, 0.3) is 11.1 Å². The first kappa shape index (κ1) is 13.8. The van der Waals surface area contributed by atoms with Crippen molar-refractivity contribution in [2.24, 2.45) is 11.1 Å². The molecule has 0 aliphatic heterocycles. The molecular weight excluding hydrogens is 234 g/mol. The molecule has 0 bridgehead atoms. The highest BCUT2D eigenvalue weighted by Crippen LogP contribution is 2.31. The molecule has 0 aliphatic rings. The molecule has 0 fully saturated rings. The Morgan fingerprint density at radius 2 is 1.47 bits per heavy atom. The van der Waals surface area contributed by atoms with Gasteiger partial charge in [-0.05, 0) is 16.7 Å². The van der Waals surface area contributed by atoms with E-state index in [2.05, 4.69) is 24.3 Å². The first-order valence-corrected chi connectivity index (χ1v) is 6.56. The van der Waals surface area contributed by atoms with Gasteiger partial charge in [0.25, 0.3) is 0 Å². The lowest BCUT2D eigenvalue weighted by molar-refractivity contribution is 0.132.